The first-order chi connectivity index (χ1) is 15.7. The number of guanidine groups is 1. The molecule has 1 aliphatic rings. The number of rotatable bonds is 10. The molecule has 1 aliphatic heterocycles. The Morgan fingerprint density at radius 3 is 2.30 bits per heavy atom. The molecular formula is C25H37IN4O3. The van der Waals surface area contributed by atoms with E-state index in [4.69, 9.17) is 19.2 Å². The fourth-order valence-electron chi connectivity index (χ4n) is 3.86. The molecule has 0 spiro atoms. The highest BCUT2D eigenvalue weighted by Gasteiger charge is 2.23. The first kappa shape index (κ1) is 27.4. The number of benzene rings is 2. The van der Waals surface area contributed by atoms with Crippen LogP contribution >= 0.6 is 24.0 Å². The van der Waals surface area contributed by atoms with Crippen LogP contribution in [0.2, 0.25) is 0 Å². The van der Waals surface area contributed by atoms with Crippen LogP contribution in [0.5, 0.6) is 5.75 Å². The van der Waals surface area contributed by atoms with Gasteiger partial charge in [-0.15, -0.1) is 24.0 Å². The van der Waals surface area contributed by atoms with Crippen molar-refractivity contribution in [2.75, 3.05) is 60.2 Å². The Labute approximate surface area is 214 Å². The fraction of sp³-hybridized carbons (Fsp3) is 0.480. The number of hydrogen-bond donors (Lipinski definition) is 2. The van der Waals surface area contributed by atoms with Crippen molar-refractivity contribution in [3.05, 3.63) is 65.7 Å². The molecule has 7 nitrogen and oxygen atoms in total. The summed E-state index contributed by atoms with van der Waals surface area (Å²) in [7, 11) is 3.43. The highest BCUT2D eigenvalue weighted by Crippen LogP contribution is 2.24. The van der Waals surface area contributed by atoms with Gasteiger partial charge in [0.1, 0.15) is 5.75 Å². The van der Waals surface area contributed by atoms with Gasteiger partial charge in [0.05, 0.1) is 39.0 Å². The lowest BCUT2D eigenvalue weighted by Crippen LogP contribution is -2.42. The van der Waals surface area contributed by atoms with E-state index in [2.05, 4.69) is 46.7 Å². The van der Waals surface area contributed by atoms with E-state index in [0.29, 0.717) is 13.1 Å². The molecule has 3 rings (SSSR count). The second kappa shape index (κ2) is 15.1. The number of aliphatic imine (C=N–C) groups is 1. The van der Waals surface area contributed by atoms with Gasteiger partial charge in [0.15, 0.2) is 5.96 Å². The molecule has 1 heterocycles. The van der Waals surface area contributed by atoms with Crippen LogP contribution in [0.1, 0.15) is 30.2 Å². The van der Waals surface area contributed by atoms with E-state index in [1.165, 1.54) is 5.56 Å². The van der Waals surface area contributed by atoms with Crippen LogP contribution in [0.4, 0.5) is 0 Å². The maximum Gasteiger partial charge on any atom is 0.191 e. The molecule has 33 heavy (non-hydrogen) atoms. The van der Waals surface area contributed by atoms with Gasteiger partial charge in [-0.1, -0.05) is 42.5 Å². The van der Waals surface area contributed by atoms with Crippen LogP contribution in [0, 0.1) is 0 Å². The van der Waals surface area contributed by atoms with E-state index in [9.17, 15) is 0 Å². The van der Waals surface area contributed by atoms with Crippen LogP contribution in [-0.2, 0) is 9.47 Å². The summed E-state index contributed by atoms with van der Waals surface area (Å²) < 4.78 is 16.6. The molecular weight excluding hydrogens is 531 g/mol. The summed E-state index contributed by atoms with van der Waals surface area (Å²) in [6.45, 7) is 7.45. The minimum absolute atomic E-state index is 0. The normalized spacial score (nSPS) is 16.4. The summed E-state index contributed by atoms with van der Waals surface area (Å²) in [5.41, 5.74) is 2.37. The summed E-state index contributed by atoms with van der Waals surface area (Å²) >= 11 is 0. The zero-order valence-electron chi connectivity index (χ0n) is 19.8. The van der Waals surface area contributed by atoms with Gasteiger partial charge in [-0.2, -0.15) is 0 Å². The Hall–Kier alpha value is -1.88. The Balaban J connectivity index is 0.00000385. The molecule has 0 amide bonds. The second-order valence-corrected chi connectivity index (χ2v) is 7.67. The van der Waals surface area contributed by atoms with Crippen LogP contribution < -0.4 is 15.4 Å². The van der Waals surface area contributed by atoms with E-state index in [-0.39, 0.29) is 36.1 Å². The maximum atomic E-state index is 5.70. The van der Waals surface area contributed by atoms with Gasteiger partial charge in [0, 0.05) is 33.3 Å². The predicted molar refractivity (Wildman–Crippen MR) is 144 cm³/mol. The van der Waals surface area contributed by atoms with Gasteiger partial charge in [-0.3, -0.25) is 9.89 Å². The SMILES string of the molecule is CCNC(=NCC(c1ccc(OC)cc1)N1CCOCC1)NCC(OC)c1ccccc1.I. The highest BCUT2D eigenvalue weighted by atomic mass is 127. The van der Waals surface area contributed by atoms with Gasteiger partial charge >= 0.3 is 0 Å². The van der Waals surface area contributed by atoms with Gasteiger partial charge in [0.2, 0.25) is 0 Å². The molecule has 2 unspecified atom stereocenters. The van der Waals surface area contributed by atoms with E-state index >= 15 is 0 Å². The number of methoxy groups -OCH3 is 2. The number of nitrogens with one attached hydrogen (secondary N) is 2. The van der Waals surface area contributed by atoms with Crippen molar-refractivity contribution in [1.82, 2.24) is 15.5 Å². The first-order valence-electron chi connectivity index (χ1n) is 11.3. The fourth-order valence-corrected chi connectivity index (χ4v) is 3.86. The van der Waals surface area contributed by atoms with Gasteiger partial charge in [-0.25, -0.2) is 0 Å². The Morgan fingerprint density at radius 2 is 1.70 bits per heavy atom. The number of nitrogens with zero attached hydrogens (tertiary/aromatic N) is 2. The third-order valence-electron chi connectivity index (χ3n) is 5.66. The number of morpholine rings is 1. The van der Waals surface area contributed by atoms with Gasteiger partial charge < -0.3 is 24.8 Å². The molecule has 2 N–H and O–H groups in total. The second-order valence-electron chi connectivity index (χ2n) is 7.67. The lowest BCUT2D eigenvalue weighted by Gasteiger charge is -2.34. The molecule has 2 aromatic rings. The highest BCUT2D eigenvalue weighted by molar-refractivity contribution is 14.0. The predicted octanol–water partition coefficient (Wildman–Crippen LogP) is 3.63. The van der Waals surface area contributed by atoms with E-state index in [1.807, 2.05) is 30.3 Å². The maximum absolute atomic E-state index is 5.70. The molecule has 0 bridgehead atoms. The largest absolute Gasteiger partial charge is 0.497 e. The molecule has 1 saturated heterocycles. The lowest BCUT2D eigenvalue weighted by molar-refractivity contribution is 0.0179. The van der Waals surface area contributed by atoms with Crippen molar-refractivity contribution in [3.63, 3.8) is 0 Å². The van der Waals surface area contributed by atoms with Crippen molar-refractivity contribution >= 4 is 29.9 Å². The van der Waals surface area contributed by atoms with Crippen molar-refractivity contribution < 1.29 is 14.2 Å². The Bertz CT molecular complexity index is 814. The van der Waals surface area contributed by atoms with E-state index in [1.54, 1.807) is 14.2 Å². The third-order valence-corrected chi connectivity index (χ3v) is 5.66. The zero-order chi connectivity index (χ0) is 22.6. The molecule has 1 fully saturated rings. The van der Waals surface area contributed by atoms with Crippen molar-refractivity contribution in [1.29, 1.82) is 0 Å². The number of ether oxygens (including phenoxy) is 3. The summed E-state index contributed by atoms with van der Waals surface area (Å²) in [6, 6.07) is 18.7. The number of halogens is 1. The molecule has 182 valence electrons. The third kappa shape index (κ3) is 8.44. The number of hydrogen-bond acceptors (Lipinski definition) is 5. The minimum atomic E-state index is -0.0447. The molecule has 0 aliphatic carbocycles. The monoisotopic (exact) mass is 568 g/mol. The summed E-state index contributed by atoms with van der Waals surface area (Å²) in [5, 5.41) is 6.81. The Kier molecular flexibility index (Phi) is 12.5. The molecule has 0 saturated carbocycles. The van der Waals surface area contributed by atoms with Crippen LogP contribution in [0.3, 0.4) is 0 Å². The molecule has 0 aromatic heterocycles. The average Bonchev–Trinajstić information content (AvgIpc) is 2.86. The molecule has 2 atom stereocenters. The van der Waals surface area contributed by atoms with Gasteiger partial charge in [-0.05, 0) is 30.2 Å². The van der Waals surface area contributed by atoms with Crippen molar-refractivity contribution in [2.45, 2.75) is 19.1 Å². The summed E-state index contributed by atoms with van der Waals surface area (Å²) in [6.07, 6.45) is -0.0447. The molecule has 0 radical (unpaired) electrons. The van der Waals surface area contributed by atoms with E-state index < -0.39 is 0 Å². The molecule has 8 heteroatoms. The van der Waals surface area contributed by atoms with Crippen molar-refractivity contribution in [2.24, 2.45) is 4.99 Å². The lowest BCUT2D eigenvalue weighted by atomic mass is 10.0. The topological polar surface area (TPSA) is 67.4 Å². The quantitative estimate of drug-likeness (QED) is 0.259. The van der Waals surface area contributed by atoms with Crippen LogP contribution in [-0.4, -0.2) is 71.0 Å². The van der Waals surface area contributed by atoms with E-state index in [0.717, 1.165) is 50.1 Å². The summed E-state index contributed by atoms with van der Waals surface area (Å²) in [4.78, 5) is 7.38. The average molecular weight is 569 g/mol. The van der Waals surface area contributed by atoms with Crippen molar-refractivity contribution in [3.8, 4) is 5.75 Å². The zero-order valence-corrected chi connectivity index (χ0v) is 22.2. The van der Waals surface area contributed by atoms with Gasteiger partial charge in [0.25, 0.3) is 0 Å². The van der Waals surface area contributed by atoms with Crippen LogP contribution in [0.25, 0.3) is 0 Å². The standard InChI is InChI=1S/C25H36N4O3.HI/c1-4-26-25(28-19-24(31-3)21-8-6-5-7-9-21)27-18-23(29-14-16-32-17-15-29)20-10-12-22(30-2)13-11-20;/h5-13,23-24H,4,14-19H2,1-3H3,(H2,26,27,28);1H. The van der Waals surface area contributed by atoms with Crippen LogP contribution in [0.15, 0.2) is 59.6 Å². The summed E-state index contributed by atoms with van der Waals surface area (Å²) in [5.74, 6) is 1.65. The first-order valence-corrected chi connectivity index (χ1v) is 11.3. The Morgan fingerprint density at radius 1 is 1.00 bits per heavy atom. The minimum Gasteiger partial charge on any atom is -0.497 e. The smallest absolute Gasteiger partial charge is 0.191 e. The molecule has 2 aromatic carbocycles.